The van der Waals surface area contributed by atoms with Gasteiger partial charge in [0.25, 0.3) is 5.65 Å². The van der Waals surface area contributed by atoms with E-state index in [0.717, 1.165) is 22.7 Å². The normalized spacial score (nSPS) is 12.0. The van der Waals surface area contributed by atoms with Crippen molar-refractivity contribution in [3.05, 3.63) is 66.1 Å². The van der Waals surface area contributed by atoms with Crippen molar-refractivity contribution in [2.24, 2.45) is 23.0 Å². The molecule has 0 radical (unpaired) electrons. The quantitative estimate of drug-likeness (QED) is 0.279. The summed E-state index contributed by atoms with van der Waals surface area (Å²) in [5.41, 5.74) is 9.95. The smallest absolute Gasteiger partial charge is 0.286 e. The number of pyridine rings is 1. The number of aryl methyl sites for hydroxylation is 1. The van der Waals surface area contributed by atoms with Gasteiger partial charge < -0.3 is 10.5 Å². The number of guanidine groups is 1. The minimum absolute atomic E-state index is 0.177. The standard InChI is InChI=1S/C17H19N6O2/c1-22-14(11-23-9-3-2-4-16(22)23)12-25-15-7-5-13(6-8-15)10-19-20-17(18)21-24/h2-11,24H,12H2,1H3,(H3,18,20,21)/q+1/b19-10+. The van der Waals surface area contributed by atoms with Gasteiger partial charge in [-0.3, -0.25) is 5.21 Å². The summed E-state index contributed by atoms with van der Waals surface area (Å²) in [5.74, 6) is 0.580. The first-order chi connectivity index (χ1) is 12.2. The Kier molecular flexibility index (Phi) is 4.91. The minimum Gasteiger partial charge on any atom is -0.485 e. The lowest BCUT2D eigenvalue weighted by molar-refractivity contribution is -0.511. The number of imidazole rings is 1. The van der Waals surface area contributed by atoms with Crippen LogP contribution in [0.1, 0.15) is 11.3 Å². The van der Waals surface area contributed by atoms with E-state index in [1.54, 1.807) is 5.48 Å². The van der Waals surface area contributed by atoms with Gasteiger partial charge in [0.15, 0.2) is 12.3 Å². The number of fused-ring (bicyclic) bond motifs is 1. The maximum atomic E-state index is 8.49. The van der Waals surface area contributed by atoms with Gasteiger partial charge in [0.1, 0.15) is 11.9 Å². The van der Waals surface area contributed by atoms with Crippen LogP contribution in [0, 0.1) is 0 Å². The zero-order chi connectivity index (χ0) is 17.6. The predicted molar refractivity (Wildman–Crippen MR) is 93.5 cm³/mol. The van der Waals surface area contributed by atoms with E-state index in [2.05, 4.69) is 25.2 Å². The molecule has 0 saturated carbocycles. The summed E-state index contributed by atoms with van der Waals surface area (Å²) in [7, 11) is 2.01. The molecular weight excluding hydrogens is 320 g/mol. The number of hydrogen-bond acceptors (Lipinski definition) is 4. The molecule has 2 aromatic heterocycles. The Morgan fingerprint density at radius 3 is 2.84 bits per heavy atom. The predicted octanol–water partition coefficient (Wildman–Crippen LogP) is 0.970. The number of hydroxylamine groups is 1. The molecule has 8 nitrogen and oxygen atoms in total. The molecule has 128 valence electrons. The second-order valence-electron chi connectivity index (χ2n) is 5.34. The molecule has 0 saturated heterocycles. The van der Waals surface area contributed by atoms with Crippen LogP contribution in [0.4, 0.5) is 0 Å². The summed E-state index contributed by atoms with van der Waals surface area (Å²) in [6.07, 6.45) is 5.58. The Morgan fingerprint density at radius 2 is 2.12 bits per heavy atom. The Hall–Kier alpha value is -3.39. The minimum atomic E-state index is -0.177. The van der Waals surface area contributed by atoms with E-state index in [4.69, 9.17) is 15.7 Å². The number of nitrogens with one attached hydrogen (secondary N) is 1. The lowest BCUT2D eigenvalue weighted by atomic mass is 10.2. The molecule has 1 aromatic carbocycles. The Morgan fingerprint density at radius 1 is 1.32 bits per heavy atom. The maximum absolute atomic E-state index is 8.49. The highest BCUT2D eigenvalue weighted by Gasteiger charge is 2.13. The number of ether oxygens (including phenoxy) is 1. The van der Waals surface area contributed by atoms with Crippen molar-refractivity contribution in [1.29, 1.82) is 0 Å². The molecule has 3 aromatic rings. The summed E-state index contributed by atoms with van der Waals surface area (Å²) in [4.78, 5) is 0. The highest BCUT2D eigenvalue weighted by Crippen LogP contribution is 2.14. The number of nitrogens with zero attached hydrogens (tertiary/aromatic N) is 4. The zero-order valence-corrected chi connectivity index (χ0v) is 13.7. The first kappa shape index (κ1) is 16.5. The fraction of sp³-hybridized carbons (Fsp3) is 0.118. The fourth-order valence-electron chi connectivity index (χ4n) is 2.36. The number of nitrogens with two attached hydrogens (primary N) is 1. The van der Waals surface area contributed by atoms with Gasteiger partial charge in [0.05, 0.1) is 19.5 Å². The molecule has 0 spiro atoms. The van der Waals surface area contributed by atoms with Gasteiger partial charge in [0, 0.05) is 6.07 Å². The Labute approximate surface area is 144 Å². The van der Waals surface area contributed by atoms with Crippen LogP contribution in [0.3, 0.4) is 0 Å². The highest BCUT2D eigenvalue weighted by atomic mass is 16.5. The second-order valence-corrected chi connectivity index (χ2v) is 5.34. The largest absolute Gasteiger partial charge is 0.485 e. The second kappa shape index (κ2) is 7.45. The van der Waals surface area contributed by atoms with E-state index >= 15 is 0 Å². The van der Waals surface area contributed by atoms with Gasteiger partial charge in [-0.15, -0.1) is 5.10 Å². The average Bonchev–Trinajstić information content (AvgIpc) is 2.97. The third-order valence-electron chi connectivity index (χ3n) is 3.68. The number of hydrogen-bond donors (Lipinski definition) is 3. The monoisotopic (exact) mass is 339 g/mol. The SMILES string of the molecule is Cn1c(COc2ccc(/C=N/N=C(\N)NO)cc2)c[n+]2ccccc12. The molecule has 0 amide bonds. The van der Waals surface area contributed by atoms with Crippen LogP contribution in [-0.2, 0) is 13.7 Å². The number of aromatic nitrogens is 2. The summed E-state index contributed by atoms with van der Waals surface area (Å²) < 4.78 is 10.0. The lowest BCUT2D eigenvalue weighted by Crippen LogP contribution is -2.27. The van der Waals surface area contributed by atoms with Crippen molar-refractivity contribution < 1.29 is 14.3 Å². The van der Waals surface area contributed by atoms with Crippen LogP contribution >= 0.6 is 0 Å². The van der Waals surface area contributed by atoms with E-state index in [1.807, 2.05) is 55.8 Å². The van der Waals surface area contributed by atoms with E-state index in [9.17, 15) is 0 Å². The van der Waals surface area contributed by atoms with Crippen molar-refractivity contribution >= 4 is 17.8 Å². The molecule has 8 heteroatoms. The van der Waals surface area contributed by atoms with Gasteiger partial charge in [-0.05, 0) is 35.9 Å². The summed E-state index contributed by atoms with van der Waals surface area (Å²) >= 11 is 0. The van der Waals surface area contributed by atoms with Gasteiger partial charge in [0.2, 0.25) is 5.96 Å². The van der Waals surface area contributed by atoms with Gasteiger partial charge in [-0.25, -0.2) is 14.4 Å². The van der Waals surface area contributed by atoms with Gasteiger partial charge >= 0.3 is 0 Å². The molecule has 0 atom stereocenters. The molecule has 0 aliphatic carbocycles. The Bertz CT molecular complexity index is 915. The zero-order valence-electron chi connectivity index (χ0n) is 13.7. The van der Waals surface area contributed by atoms with Crippen molar-refractivity contribution in [3.8, 4) is 5.75 Å². The number of rotatable bonds is 5. The van der Waals surface area contributed by atoms with E-state index in [1.165, 1.54) is 6.21 Å². The van der Waals surface area contributed by atoms with Crippen LogP contribution in [0.15, 0.2) is 65.1 Å². The first-order valence-corrected chi connectivity index (χ1v) is 7.61. The fourth-order valence-corrected chi connectivity index (χ4v) is 2.36. The molecule has 4 N–H and O–H groups in total. The molecule has 0 aliphatic rings. The van der Waals surface area contributed by atoms with E-state index < -0.39 is 0 Å². The maximum Gasteiger partial charge on any atom is 0.286 e. The first-order valence-electron chi connectivity index (χ1n) is 7.61. The van der Waals surface area contributed by atoms with Crippen LogP contribution < -0.4 is 20.4 Å². The van der Waals surface area contributed by atoms with Crippen molar-refractivity contribution in [2.75, 3.05) is 0 Å². The molecule has 0 aliphatic heterocycles. The van der Waals surface area contributed by atoms with Crippen molar-refractivity contribution in [2.45, 2.75) is 6.61 Å². The topological polar surface area (TPSA) is 101 Å². The van der Waals surface area contributed by atoms with Crippen LogP contribution in [0.5, 0.6) is 5.75 Å². The molecule has 0 fully saturated rings. The summed E-state index contributed by atoms with van der Waals surface area (Å²) in [6.45, 7) is 0.467. The van der Waals surface area contributed by atoms with E-state index in [-0.39, 0.29) is 5.96 Å². The van der Waals surface area contributed by atoms with Crippen LogP contribution in [-0.4, -0.2) is 21.9 Å². The van der Waals surface area contributed by atoms with Crippen molar-refractivity contribution in [1.82, 2.24) is 10.0 Å². The van der Waals surface area contributed by atoms with Crippen LogP contribution in [0.2, 0.25) is 0 Å². The van der Waals surface area contributed by atoms with Gasteiger partial charge in [-0.1, -0.05) is 6.07 Å². The molecule has 2 heterocycles. The summed E-state index contributed by atoms with van der Waals surface area (Å²) in [5, 5.41) is 15.8. The third-order valence-corrected chi connectivity index (χ3v) is 3.68. The summed E-state index contributed by atoms with van der Waals surface area (Å²) in [6, 6.07) is 13.5. The lowest BCUT2D eigenvalue weighted by Gasteiger charge is -2.04. The molecule has 0 unspecified atom stereocenters. The molecule has 0 bridgehead atoms. The Balaban J connectivity index is 1.64. The number of benzene rings is 1. The van der Waals surface area contributed by atoms with Crippen molar-refractivity contribution in [3.63, 3.8) is 0 Å². The van der Waals surface area contributed by atoms with E-state index in [0.29, 0.717) is 6.61 Å². The average molecular weight is 339 g/mol. The van der Waals surface area contributed by atoms with Crippen LogP contribution in [0.25, 0.3) is 5.65 Å². The molecular formula is C17H19N6O2+. The highest BCUT2D eigenvalue weighted by molar-refractivity contribution is 5.81. The third kappa shape index (κ3) is 3.93. The molecule has 25 heavy (non-hydrogen) atoms. The molecule has 3 rings (SSSR count). The van der Waals surface area contributed by atoms with Gasteiger partial charge in [-0.2, -0.15) is 5.10 Å².